The number of Topliss-reactive ketones (excluding diaryl/α,β-unsaturated/α-hetero) is 1. The Kier molecular flexibility index (Phi) is 10.5. The normalized spacial score (nSPS) is 9.10. The lowest BCUT2D eigenvalue weighted by Crippen LogP contribution is -2.20. The standard InChI is InChI=1S/C15H18O5/c1-3-5-7-9-14(17)19-11-13(16)12-20-15(18)10-8-6-4-2/h1-2H,5-12H2. The van der Waals surface area contributed by atoms with E-state index in [2.05, 4.69) is 11.8 Å². The second-order valence-corrected chi connectivity index (χ2v) is 3.98. The number of unbranched alkanes of at least 4 members (excludes halogenated alkanes) is 2. The SMILES string of the molecule is C#CCCCC(=O)OCC(=O)COC(=O)CCCC#C. The summed E-state index contributed by atoms with van der Waals surface area (Å²) in [6.45, 7) is -0.793. The van der Waals surface area contributed by atoms with E-state index in [-0.39, 0.29) is 12.8 Å². The monoisotopic (exact) mass is 278 g/mol. The van der Waals surface area contributed by atoms with E-state index in [4.69, 9.17) is 22.3 Å². The summed E-state index contributed by atoms with van der Waals surface area (Å²) >= 11 is 0. The molecule has 20 heavy (non-hydrogen) atoms. The average Bonchev–Trinajstić information content (AvgIpc) is 2.43. The number of ketones is 1. The van der Waals surface area contributed by atoms with Gasteiger partial charge in [0.1, 0.15) is 0 Å². The van der Waals surface area contributed by atoms with Crippen molar-refractivity contribution in [2.45, 2.75) is 38.5 Å². The molecule has 108 valence electrons. The second kappa shape index (κ2) is 11.8. The number of carbonyl (C=O) groups is 3. The van der Waals surface area contributed by atoms with Gasteiger partial charge in [-0.3, -0.25) is 14.4 Å². The highest BCUT2D eigenvalue weighted by Crippen LogP contribution is 1.98. The van der Waals surface area contributed by atoms with E-state index in [1.165, 1.54) is 0 Å². The van der Waals surface area contributed by atoms with Crippen LogP contribution in [-0.2, 0) is 23.9 Å². The van der Waals surface area contributed by atoms with Crippen LogP contribution in [0.25, 0.3) is 0 Å². The van der Waals surface area contributed by atoms with Crippen molar-refractivity contribution >= 4 is 17.7 Å². The molecule has 0 spiro atoms. The van der Waals surface area contributed by atoms with E-state index in [0.717, 1.165) is 0 Å². The summed E-state index contributed by atoms with van der Waals surface area (Å²) in [5.74, 6) is 3.34. The van der Waals surface area contributed by atoms with Gasteiger partial charge in [0.25, 0.3) is 0 Å². The van der Waals surface area contributed by atoms with Gasteiger partial charge < -0.3 is 9.47 Å². The molecule has 5 heteroatoms. The summed E-state index contributed by atoms with van der Waals surface area (Å²) in [7, 11) is 0. The van der Waals surface area contributed by atoms with Gasteiger partial charge in [-0.05, 0) is 12.8 Å². The molecule has 0 saturated heterocycles. The van der Waals surface area contributed by atoms with Gasteiger partial charge >= 0.3 is 11.9 Å². The molecule has 0 radical (unpaired) electrons. The van der Waals surface area contributed by atoms with Crippen molar-refractivity contribution < 1.29 is 23.9 Å². The summed E-state index contributed by atoms with van der Waals surface area (Å²) in [5.41, 5.74) is 0. The molecule has 0 bridgehead atoms. The molecule has 0 N–H and O–H groups in total. The fourth-order valence-corrected chi connectivity index (χ4v) is 1.18. The van der Waals surface area contributed by atoms with Crippen LogP contribution in [0.2, 0.25) is 0 Å². The zero-order valence-corrected chi connectivity index (χ0v) is 11.4. The molecule has 5 nitrogen and oxygen atoms in total. The molecule has 0 atom stereocenters. The first kappa shape index (κ1) is 17.7. The number of hydrogen-bond acceptors (Lipinski definition) is 5. The van der Waals surface area contributed by atoms with E-state index in [1.807, 2.05) is 0 Å². The third-order valence-corrected chi connectivity index (χ3v) is 2.19. The van der Waals surface area contributed by atoms with Crippen LogP contribution in [0.4, 0.5) is 0 Å². The Morgan fingerprint density at radius 2 is 1.20 bits per heavy atom. The van der Waals surface area contributed by atoms with Gasteiger partial charge in [0.15, 0.2) is 13.2 Å². The van der Waals surface area contributed by atoms with E-state index in [9.17, 15) is 14.4 Å². The number of rotatable bonds is 10. The first-order valence-electron chi connectivity index (χ1n) is 6.30. The van der Waals surface area contributed by atoms with Crippen LogP contribution in [0, 0.1) is 24.7 Å². The Balaban J connectivity index is 3.63. The van der Waals surface area contributed by atoms with Crippen LogP contribution in [0.15, 0.2) is 0 Å². The molecule has 0 rings (SSSR count). The lowest BCUT2D eigenvalue weighted by molar-refractivity contribution is -0.153. The summed E-state index contributed by atoms with van der Waals surface area (Å²) in [6.07, 6.45) is 12.4. The molecule has 0 aliphatic rings. The Hall–Kier alpha value is -2.27. The summed E-state index contributed by atoms with van der Waals surface area (Å²) < 4.78 is 9.41. The summed E-state index contributed by atoms with van der Waals surface area (Å²) in [6, 6.07) is 0. The molecule has 0 amide bonds. The Morgan fingerprint density at radius 1 is 0.800 bits per heavy atom. The zero-order valence-electron chi connectivity index (χ0n) is 11.4. The molecule has 0 aromatic heterocycles. The van der Waals surface area contributed by atoms with Gasteiger partial charge in [0, 0.05) is 25.7 Å². The first-order valence-corrected chi connectivity index (χ1v) is 6.30. The Labute approximate surface area is 119 Å². The van der Waals surface area contributed by atoms with Crippen LogP contribution in [0.5, 0.6) is 0 Å². The molecular weight excluding hydrogens is 260 g/mol. The third kappa shape index (κ3) is 10.9. The number of carbonyl (C=O) groups excluding carboxylic acids is 3. The van der Waals surface area contributed by atoms with Crippen molar-refractivity contribution in [2.24, 2.45) is 0 Å². The highest BCUT2D eigenvalue weighted by molar-refractivity contribution is 5.85. The fraction of sp³-hybridized carbons (Fsp3) is 0.533. The second-order valence-electron chi connectivity index (χ2n) is 3.98. The van der Waals surface area contributed by atoms with Gasteiger partial charge in [0.2, 0.25) is 5.78 Å². The van der Waals surface area contributed by atoms with Gasteiger partial charge in [-0.2, -0.15) is 0 Å². The van der Waals surface area contributed by atoms with Gasteiger partial charge in [-0.1, -0.05) is 0 Å². The van der Waals surface area contributed by atoms with E-state index in [1.54, 1.807) is 0 Å². The molecule has 0 unspecified atom stereocenters. The predicted molar refractivity (Wildman–Crippen MR) is 72.3 cm³/mol. The lowest BCUT2D eigenvalue weighted by atomic mass is 10.2. The van der Waals surface area contributed by atoms with Crippen molar-refractivity contribution in [3.8, 4) is 24.7 Å². The molecule has 0 heterocycles. The van der Waals surface area contributed by atoms with E-state index in [0.29, 0.717) is 25.7 Å². The number of esters is 2. The molecule has 0 aliphatic carbocycles. The van der Waals surface area contributed by atoms with Crippen LogP contribution >= 0.6 is 0 Å². The number of terminal acetylenes is 2. The summed E-state index contributed by atoms with van der Waals surface area (Å²) in [5, 5.41) is 0. The van der Waals surface area contributed by atoms with Gasteiger partial charge in [0.05, 0.1) is 0 Å². The third-order valence-electron chi connectivity index (χ3n) is 2.19. The van der Waals surface area contributed by atoms with Crippen LogP contribution in [0.3, 0.4) is 0 Å². The molecule has 0 aromatic carbocycles. The van der Waals surface area contributed by atoms with Gasteiger partial charge in [-0.15, -0.1) is 24.7 Å². The summed E-state index contributed by atoms with van der Waals surface area (Å²) in [4.78, 5) is 33.6. The van der Waals surface area contributed by atoms with Crippen molar-refractivity contribution in [3.05, 3.63) is 0 Å². The topological polar surface area (TPSA) is 69.7 Å². The minimum Gasteiger partial charge on any atom is -0.458 e. The molecular formula is C15H18O5. The molecule has 0 aromatic rings. The van der Waals surface area contributed by atoms with Crippen LogP contribution < -0.4 is 0 Å². The largest absolute Gasteiger partial charge is 0.458 e. The molecule has 0 aliphatic heterocycles. The maximum absolute atomic E-state index is 11.3. The van der Waals surface area contributed by atoms with Crippen molar-refractivity contribution in [1.29, 1.82) is 0 Å². The first-order chi connectivity index (χ1) is 9.60. The zero-order chi connectivity index (χ0) is 15.2. The van der Waals surface area contributed by atoms with Gasteiger partial charge in [-0.25, -0.2) is 0 Å². The minimum atomic E-state index is -0.492. The number of ether oxygens (including phenoxy) is 2. The van der Waals surface area contributed by atoms with E-state index < -0.39 is 30.9 Å². The van der Waals surface area contributed by atoms with E-state index >= 15 is 0 Å². The van der Waals surface area contributed by atoms with Crippen molar-refractivity contribution in [1.82, 2.24) is 0 Å². The Bertz CT molecular complexity index is 373. The number of hydrogen-bond donors (Lipinski definition) is 0. The maximum atomic E-state index is 11.3. The fourth-order valence-electron chi connectivity index (χ4n) is 1.18. The Morgan fingerprint density at radius 3 is 1.55 bits per heavy atom. The van der Waals surface area contributed by atoms with Crippen molar-refractivity contribution in [2.75, 3.05) is 13.2 Å². The smallest absolute Gasteiger partial charge is 0.306 e. The average molecular weight is 278 g/mol. The highest BCUT2D eigenvalue weighted by atomic mass is 16.6. The molecule has 0 saturated carbocycles. The predicted octanol–water partition coefficient (Wildman–Crippen LogP) is 1.25. The van der Waals surface area contributed by atoms with Crippen LogP contribution in [0.1, 0.15) is 38.5 Å². The van der Waals surface area contributed by atoms with Crippen LogP contribution in [-0.4, -0.2) is 30.9 Å². The highest BCUT2D eigenvalue weighted by Gasteiger charge is 2.10. The lowest BCUT2D eigenvalue weighted by Gasteiger charge is -2.05. The minimum absolute atomic E-state index is 0.170. The molecule has 0 fully saturated rings. The quantitative estimate of drug-likeness (QED) is 0.342. The maximum Gasteiger partial charge on any atom is 0.306 e. The van der Waals surface area contributed by atoms with Crippen molar-refractivity contribution in [3.63, 3.8) is 0 Å².